The number of halogens is 3. The van der Waals surface area contributed by atoms with Crippen LogP contribution in [0.2, 0.25) is 0 Å². The lowest BCUT2D eigenvalue weighted by Gasteiger charge is -2.03. The van der Waals surface area contributed by atoms with Gasteiger partial charge in [-0.25, -0.2) is 8.78 Å². The van der Waals surface area contributed by atoms with Gasteiger partial charge in [0.1, 0.15) is 0 Å². The lowest BCUT2D eigenvalue weighted by atomic mass is 10.1. The highest BCUT2D eigenvalue weighted by Gasteiger charge is 2.09. The fourth-order valence-corrected chi connectivity index (χ4v) is 1.65. The summed E-state index contributed by atoms with van der Waals surface area (Å²) in [4.78, 5) is 3.90. The Hall–Kier alpha value is -1.29. The Labute approximate surface area is 93.9 Å². The van der Waals surface area contributed by atoms with Crippen LogP contribution in [-0.4, -0.2) is 4.98 Å². The molecular weight excluding hydrogens is 264 g/mol. The molecule has 2 aromatic rings. The van der Waals surface area contributed by atoms with E-state index in [-0.39, 0.29) is 5.56 Å². The standard InChI is InChI=1S/C11H6BrF2N/c12-8-4-7(5-15-6-8)9-2-1-3-10(13)11(9)14/h1-6H. The summed E-state index contributed by atoms with van der Waals surface area (Å²) in [6, 6.07) is 5.76. The molecule has 0 fully saturated rings. The van der Waals surface area contributed by atoms with E-state index < -0.39 is 11.6 Å². The fourth-order valence-electron chi connectivity index (χ4n) is 1.29. The maximum absolute atomic E-state index is 13.4. The second-order valence-electron chi connectivity index (χ2n) is 2.99. The second-order valence-corrected chi connectivity index (χ2v) is 3.91. The molecule has 0 aliphatic carbocycles. The Kier molecular flexibility index (Phi) is 2.77. The van der Waals surface area contributed by atoms with E-state index >= 15 is 0 Å². The van der Waals surface area contributed by atoms with Crippen molar-refractivity contribution in [3.05, 3.63) is 52.8 Å². The van der Waals surface area contributed by atoms with Gasteiger partial charge in [-0.15, -0.1) is 0 Å². The largest absolute Gasteiger partial charge is 0.263 e. The van der Waals surface area contributed by atoms with E-state index in [1.807, 2.05) is 0 Å². The van der Waals surface area contributed by atoms with Gasteiger partial charge in [-0.1, -0.05) is 12.1 Å². The Morgan fingerprint density at radius 2 is 1.93 bits per heavy atom. The maximum Gasteiger partial charge on any atom is 0.166 e. The first-order valence-corrected chi connectivity index (χ1v) is 5.03. The average molecular weight is 270 g/mol. The minimum atomic E-state index is -0.854. The molecule has 0 spiro atoms. The molecule has 0 atom stereocenters. The minimum Gasteiger partial charge on any atom is -0.263 e. The van der Waals surface area contributed by atoms with Crippen LogP contribution < -0.4 is 0 Å². The zero-order valence-corrected chi connectivity index (χ0v) is 9.13. The van der Waals surface area contributed by atoms with E-state index in [0.717, 1.165) is 10.5 Å². The zero-order chi connectivity index (χ0) is 10.8. The Morgan fingerprint density at radius 3 is 2.67 bits per heavy atom. The van der Waals surface area contributed by atoms with E-state index in [4.69, 9.17) is 0 Å². The highest BCUT2D eigenvalue weighted by atomic mass is 79.9. The summed E-state index contributed by atoms with van der Waals surface area (Å²) in [6.07, 6.45) is 3.07. The molecule has 0 radical (unpaired) electrons. The summed E-state index contributed by atoms with van der Waals surface area (Å²) in [7, 11) is 0. The first kappa shape index (κ1) is 10.2. The maximum atomic E-state index is 13.4. The number of nitrogens with zero attached hydrogens (tertiary/aromatic N) is 1. The number of pyridine rings is 1. The van der Waals surface area contributed by atoms with Crippen LogP contribution in [-0.2, 0) is 0 Å². The molecule has 15 heavy (non-hydrogen) atoms. The normalized spacial score (nSPS) is 10.3. The van der Waals surface area contributed by atoms with Gasteiger partial charge in [0.25, 0.3) is 0 Å². The van der Waals surface area contributed by atoms with Crippen LogP contribution in [0, 0.1) is 11.6 Å². The highest BCUT2D eigenvalue weighted by molar-refractivity contribution is 9.10. The molecule has 0 amide bonds. The van der Waals surface area contributed by atoms with Crippen LogP contribution in [0.25, 0.3) is 11.1 Å². The molecule has 76 valence electrons. The molecule has 1 aromatic heterocycles. The second kappa shape index (κ2) is 4.06. The molecule has 0 aliphatic rings. The third-order valence-corrected chi connectivity index (χ3v) is 2.40. The van der Waals surface area contributed by atoms with Crippen LogP contribution in [0.5, 0.6) is 0 Å². The first-order chi connectivity index (χ1) is 7.18. The number of hydrogen-bond acceptors (Lipinski definition) is 1. The molecule has 0 bridgehead atoms. The fraction of sp³-hybridized carbons (Fsp3) is 0. The summed E-state index contributed by atoms with van der Waals surface area (Å²) in [6.45, 7) is 0. The summed E-state index contributed by atoms with van der Waals surface area (Å²) in [5.41, 5.74) is 0.755. The Bertz CT molecular complexity index is 500. The van der Waals surface area contributed by atoms with E-state index in [2.05, 4.69) is 20.9 Å². The van der Waals surface area contributed by atoms with Crippen LogP contribution in [0.4, 0.5) is 8.78 Å². The van der Waals surface area contributed by atoms with E-state index in [1.165, 1.54) is 18.3 Å². The SMILES string of the molecule is Fc1cccc(-c2cncc(Br)c2)c1F. The van der Waals surface area contributed by atoms with Gasteiger partial charge in [-0.3, -0.25) is 4.98 Å². The molecule has 0 saturated carbocycles. The molecule has 4 heteroatoms. The lowest BCUT2D eigenvalue weighted by Crippen LogP contribution is -1.89. The molecule has 0 aliphatic heterocycles. The van der Waals surface area contributed by atoms with Gasteiger partial charge in [-0.05, 0) is 28.1 Å². The van der Waals surface area contributed by atoms with Crippen molar-refractivity contribution in [2.75, 3.05) is 0 Å². The quantitative estimate of drug-likeness (QED) is 0.768. The van der Waals surface area contributed by atoms with Crippen LogP contribution in [0.1, 0.15) is 0 Å². The predicted octanol–water partition coefficient (Wildman–Crippen LogP) is 3.79. The summed E-state index contributed by atoms with van der Waals surface area (Å²) in [5.74, 6) is -1.70. The van der Waals surface area contributed by atoms with E-state index in [0.29, 0.717) is 5.56 Å². The Balaban J connectivity index is 2.59. The molecular formula is C11H6BrF2N. The van der Waals surface area contributed by atoms with Crippen molar-refractivity contribution in [1.82, 2.24) is 4.98 Å². The van der Waals surface area contributed by atoms with Crippen molar-refractivity contribution >= 4 is 15.9 Å². The molecule has 1 heterocycles. The van der Waals surface area contributed by atoms with Gasteiger partial charge in [0, 0.05) is 28.0 Å². The van der Waals surface area contributed by atoms with Gasteiger partial charge in [0.2, 0.25) is 0 Å². The van der Waals surface area contributed by atoms with Gasteiger partial charge < -0.3 is 0 Å². The third-order valence-electron chi connectivity index (χ3n) is 1.97. The number of hydrogen-bond donors (Lipinski definition) is 0. The van der Waals surface area contributed by atoms with Gasteiger partial charge in [-0.2, -0.15) is 0 Å². The lowest BCUT2D eigenvalue weighted by molar-refractivity contribution is 0.511. The molecule has 1 nitrogen and oxygen atoms in total. The van der Waals surface area contributed by atoms with Crippen LogP contribution >= 0.6 is 15.9 Å². The van der Waals surface area contributed by atoms with Crippen molar-refractivity contribution in [3.63, 3.8) is 0 Å². The van der Waals surface area contributed by atoms with Crippen molar-refractivity contribution in [2.24, 2.45) is 0 Å². The predicted molar refractivity (Wildman–Crippen MR) is 57.3 cm³/mol. The van der Waals surface area contributed by atoms with Crippen LogP contribution in [0.15, 0.2) is 41.1 Å². The third kappa shape index (κ3) is 2.04. The topological polar surface area (TPSA) is 12.9 Å². The zero-order valence-electron chi connectivity index (χ0n) is 7.55. The van der Waals surface area contributed by atoms with E-state index in [1.54, 1.807) is 12.3 Å². The summed E-state index contributed by atoms with van der Waals surface area (Å²) >= 11 is 3.22. The molecule has 1 aromatic carbocycles. The average Bonchev–Trinajstić information content (AvgIpc) is 2.22. The van der Waals surface area contributed by atoms with Gasteiger partial charge >= 0.3 is 0 Å². The smallest absolute Gasteiger partial charge is 0.166 e. The Morgan fingerprint density at radius 1 is 1.13 bits per heavy atom. The summed E-state index contributed by atoms with van der Waals surface area (Å²) in [5, 5.41) is 0. The number of benzene rings is 1. The first-order valence-electron chi connectivity index (χ1n) is 4.23. The summed E-state index contributed by atoms with van der Waals surface area (Å²) < 4.78 is 27.1. The molecule has 0 N–H and O–H groups in total. The van der Waals surface area contributed by atoms with Gasteiger partial charge in [0.15, 0.2) is 11.6 Å². The van der Waals surface area contributed by atoms with Gasteiger partial charge in [0.05, 0.1) is 0 Å². The van der Waals surface area contributed by atoms with Crippen molar-refractivity contribution in [2.45, 2.75) is 0 Å². The molecule has 0 saturated heterocycles. The highest BCUT2D eigenvalue weighted by Crippen LogP contribution is 2.25. The molecule has 0 unspecified atom stereocenters. The van der Waals surface area contributed by atoms with Crippen molar-refractivity contribution < 1.29 is 8.78 Å². The minimum absolute atomic E-state index is 0.212. The number of rotatable bonds is 1. The van der Waals surface area contributed by atoms with Crippen molar-refractivity contribution in [1.29, 1.82) is 0 Å². The van der Waals surface area contributed by atoms with Crippen LogP contribution in [0.3, 0.4) is 0 Å². The molecule has 2 rings (SSSR count). The van der Waals surface area contributed by atoms with Crippen molar-refractivity contribution in [3.8, 4) is 11.1 Å². The van der Waals surface area contributed by atoms with E-state index in [9.17, 15) is 8.78 Å². The monoisotopic (exact) mass is 269 g/mol. The number of aromatic nitrogens is 1.